The summed E-state index contributed by atoms with van der Waals surface area (Å²) in [7, 11) is 0. The van der Waals surface area contributed by atoms with E-state index >= 15 is 0 Å². The number of ether oxygens (including phenoxy) is 1. The van der Waals surface area contributed by atoms with Crippen molar-refractivity contribution in [2.24, 2.45) is 0 Å². The van der Waals surface area contributed by atoms with E-state index in [4.69, 9.17) is 5.11 Å². The van der Waals surface area contributed by atoms with Crippen LogP contribution in [0.2, 0.25) is 0 Å². The van der Waals surface area contributed by atoms with E-state index in [1.165, 1.54) is 0 Å². The van der Waals surface area contributed by atoms with Crippen molar-refractivity contribution in [3.63, 3.8) is 0 Å². The number of allylic oxidation sites excluding steroid dienone is 1. The number of rotatable bonds is 4. The molecular formula is C7H10O4. The first-order valence-electron chi connectivity index (χ1n) is 3.04. The molecule has 0 saturated carbocycles. The quantitative estimate of drug-likeness (QED) is 0.480. The van der Waals surface area contributed by atoms with Crippen LogP contribution < -0.4 is 0 Å². The van der Waals surface area contributed by atoms with Crippen LogP contribution in [-0.2, 0) is 14.3 Å². The summed E-state index contributed by atoms with van der Waals surface area (Å²) < 4.78 is 4.30. The molecule has 0 unspecified atom stereocenters. The molecular weight excluding hydrogens is 148 g/mol. The maximum absolute atomic E-state index is 10.4. The van der Waals surface area contributed by atoms with Gasteiger partial charge in [0.2, 0.25) is 0 Å². The standard InChI is InChI=1S/C7H10O4/c1-5(2)6(7(9)10)3-11-4-8/h4H,3H2,1-2H3,(H,9,10). The second-order valence-electron chi connectivity index (χ2n) is 2.19. The van der Waals surface area contributed by atoms with Gasteiger partial charge in [-0.25, -0.2) is 4.79 Å². The van der Waals surface area contributed by atoms with Crippen LogP contribution in [0.5, 0.6) is 0 Å². The number of hydrogen-bond acceptors (Lipinski definition) is 3. The highest BCUT2D eigenvalue weighted by Gasteiger charge is 2.08. The predicted molar refractivity (Wildman–Crippen MR) is 38.0 cm³/mol. The average molecular weight is 158 g/mol. The van der Waals surface area contributed by atoms with E-state index in [0.717, 1.165) is 0 Å². The molecule has 0 heterocycles. The zero-order valence-corrected chi connectivity index (χ0v) is 6.46. The molecule has 0 aliphatic heterocycles. The van der Waals surface area contributed by atoms with Gasteiger partial charge in [0.15, 0.2) is 0 Å². The topological polar surface area (TPSA) is 63.6 Å². The molecule has 0 aromatic carbocycles. The van der Waals surface area contributed by atoms with Gasteiger partial charge in [-0.1, -0.05) is 5.57 Å². The highest BCUT2D eigenvalue weighted by molar-refractivity contribution is 5.87. The minimum atomic E-state index is -1.05. The number of carboxylic acids is 1. The molecule has 0 aromatic rings. The van der Waals surface area contributed by atoms with E-state index in [-0.39, 0.29) is 18.7 Å². The Morgan fingerprint density at radius 2 is 2.09 bits per heavy atom. The van der Waals surface area contributed by atoms with Crippen molar-refractivity contribution in [1.82, 2.24) is 0 Å². The second-order valence-corrected chi connectivity index (χ2v) is 2.19. The van der Waals surface area contributed by atoms with Crippen molar-refractivity contribution in [2.75, 3.05) is 6.61 Å². The SMILES string of the molecule is CC(C)=C(COC=O)C(=O)O. The van der Waals surface area contributed by atoms with E-state index in [1.807, 2.05) is 0 Å². The van der Waals surface area contributed by atoms with Crippen molar-refractivity contribution in [3.8, 4) is 0 Å². The van der Waals surface area contributed by atoms with Gasteiger partial charge in [-0.2, -0.15) is 0 Å². The Balaban J connectivity index is 4.25. The molecule has 0 fully saturated rings. The lowest BCUT2D eigenvalue weighted by atomic mass is 10.2. The molecule has 0 rings (SSSR count). The Morgan fingerprint density at radius 1 is 1.55 bits per heavy atom. The van der Waals surface area contributed by atoms with Gasteiger partial charge in [0.05, 0.1) is 5.57 Å². The molecule has 62 valence electrons. The van der Waals surface area contributed by atoms with Crippen molar-refractivity contribution in [1.29, 1.82) is 0 Å². The smallest absolute Gasteiger partial charge is 0.334 e. The van der Waals surface area contributed by atoms with Gasteiger partial charge >= 0.3 is 5.97 Å². The van der Waals surface area contributed by atoms with E-state index in [2.05, 4.69) is 4.74 Å². The van der Waals surface area contributed by atoms with Crippen LogP contribution in [0.3, 0.4) is 0 Å². The molecule has 0 aliphatic carbocycles. The number of carboxylic acid groups (broad SMARTS) is 1. The summed E-state index contributed by atoms with van der Waals surface area (Å²) in [4.78, 5) is 20.1. The van der Waals surface area contributed by atoms with Gasteiger partial charge in [-0.3, -0.25) is 4.79 Å². The molecule has 4 nitrogen and oxygen atoms in total. The average Bonchev–Trinajstić information content (AvgIpc) is 1.87. The lowest BCUT2D eigenvalue weighted by Gasteiger charge is -2.01. The number of carbonyl (C=O) groups excluding carboxylic acids is 1. The second kappa shape index (κ2) is 4.49. The first-order valence-corrected chi connectivity index (χ1v) is 3.04. The number of hydrogen-bond donors (Lipinski definition) is 1. The first-order chi connectivity index (χ1) is 5.09. The van der Waals surface area contributed by atoms with Gasteiger partial charge < -0.3 is 9.84 Å². The Kier molecular flexibility index (Phi) is 3.95. The van der Waals surface area contributed by atoms with Crippen LogP contribution in [-0.4, -0.2) is 24.2 Å². The number of carbonyl (C=O) groups is 2. The highest BCUT2D eigenvalue weighted by atomic mass is 16.5. The Labute approximate surface area is 64.5 Å². The minimum Gasteiger partial charge on any atom is -0.478 e. The molecule has 1 N–H and O–H groups in total. The molecule has 0 amide bonds. The summed E-state index contributed by atoms with van der Waals surface area (Å²) in [5.41, 5.74) is 0.761. The fraction of sp³-hybridized carbons (Fsp3) is 0.429. The molecule has 0 aromatic heterocycles. The predicted octanol–water partition coefficient (Wildman–Crippen LogP) is 0.580. The Morgan fingerprint density at radius 3 is 2.36 bits per heavy atom. The molecule has 4 heteroatoms. The van der Waals surface area contributed by atoms with Crippen LogP contribution in [0, 0.1) is 0 Å². The zero-order valence-electron chi connectivity index (χ0n) is 6.46. The third kappa shape index (κ3) is 3.40. The summed E-state index contributed by atoms with van der Waals surface area (Å²) in [6.07, 6.45) is 0. The van der Waals surface area contributed by atoms with E-state index in [1.54, 1.807) is 13.8 Å². The van der Waals surface area contributed by atoms with Crippen LogP contribution in [0.15, 0.2) is 11.1 Å². The molecule has 11 heavy (non-hydrogen) atoms. The van der Waals surface area contributed by atoms with E-state index in [9.17, 15) is 9.59 Å². The molecule has 0 radical (unpaired) electrons. The Hall–Kier alpha value is -1.32. The highest BCUT2D eigenvalue weighted by Crippen LogP contribution is 2.02. The summed E-state index contributed by atoms with van der Waals surface area (Å²) in [5.74, 6) is -1.05. The zero-order chi connectivity index (χ0) is 8.85. The van der Waals surface area contributed by atoms with Crippen LogP contribution in [0.4, 0.5) is 0 Å². The molecule has 0 atom stereocenters. The van der Waals surface area contributed by atoms with Gasteiger partial charge in [-0.15, -0.1) is 0 Å². The summed E-state index contributed by atoms with van der Waals surface area (Å²) in [6.45, 7) is 3.36. The molecule has 0 bridgehead atoms. The molecule has 0 aliphatic rings. The maximum atomic E-state index is 10.4. The fourth-order valence-electron chi connectivity index (χ4n) is 0.537. The Bertz CT molecular complexity index is 189. The minimum absolute atomic E-state index is 0.122. The lowest BCUT2D eigenvalue weighted by molar-refractivity contribution is -0.134. The van der Waals surface area contributed by atoms with E-state index in [0.29, 0.717) is 5.57 Å². The first kappa shape index (κ1) is 9.68. The van der Waals surface area contributed by atoms with E-state index < -0.39 is 5.97 Å². The van der Waals surface area contributed by atoms with Crippen LogP contribution in [0.1, 0.15) is 13.8 Å². The maximum Gasteiger partial charge on any atom is 0.334 e. The molecule has 0 spiro atoms. The third-order valence-corrected chi connectivity index (χ3v) is 1.16. The number of aliphatic carboxylic acids is 1. The lowest BCUT2D eigenvalue weighted by Crippen LogP contribution is -2.09. The third-order valence-electron chi connectivity index (χ3n) is 1.16. The van der Waals surface area contributed by atoms with Crippen molar-refractivity contribution in [3.05, 3.63) is 11.1 Å². The van der Waals surface area contributed by atoms with Gasteiger partial charge in [0.1, 0.15) is 6.61 Å². The van der Waals surface area contributed by atoms with Crippen molar-refractivity contribution in [2.45, 2.75) is 13.8 Å². The normalized spacial score (nSPS) is 8.55. The largest absolute Gasteiger partial charge is 0.478 e. The monoisotopic (exact) mass is 158 g/mol. The van der Waals surface area contributed by atoms with Gasteiger partial charge in [0.25, 0.3) is 6.47 Å². The van der Waals surface area contributed by atoms with Gasteiger partial charge in [0, 0.05) is 0 Å². The fourth-order valence-corrected chi connectivity index (χ4v) is 0.537. The molecule has 0 saturated heterocycles. The van der Waals surface area contributed by atoms with Crippen LogP contribution >= 0.6 is 0 Å². The summed E-state index contributed by atoms with van der Waals surface area (Å²) in [6, 6.07) is 0. The summed E-state index contributed by atoms with van der Waals surface area (Å²) in [5, 5.41) is 8.52. The van der Waals surface area contributed by atoms with Crippen molar-refractivity contribution >= 4 is 12.4 Å². The van der Waals surface area contributed by atoms with Crippen molar-refractivity contribution < 1.29 is 19.4 Å². The van der Waals surface area contributed by atoms with Gasteiger partial charge in [-0.05, 0) is 13.8 Å². The summed E-state index contributed by atoms with van der Waals surface area (Å²) >= 11 is 0. The van der Waals surface area contributed by atoms with Crippen LogP contribution in [0.25, 0.3) is 0 Å².